The smallest absolute Gasteiger partial charge is 0.257 e. The Morgan fingerprint density at radius 3 is 2.95 bits per heavy atom. The fraction of sp³-hybridized carbons (Fsp3) is 0.538. The standard InChI is InChI=1S/C13H18BrN3O2/c1-8-6-17(7-13(2,3)19-8)12(18)10-4-9(14)5-16-11(10)15/h4-5,8H,6-7H2,1-3H3,(H2,15,16). The molecule has 1 aliphatic heterocycles. The van der Waals surface area contributed by atoms with Crippen molar-refractivity contribution in [3.05, 3.63) is 22.3 Å². The maximum atomic E-state index is 12.5. The Bertz CT molecular complexity index is 505. The molecule has 5 nitrogen and oxygen atoms in total. The zero-order valence-electron chi connectivity index (χ0n) is 11.3. The van der Waals surface area contributed by atoms with E-state index in [1.165, 1.54) is 0 Å². The van der Waals surface area contributed by atoms with E-state index < -0.39 is 0 Å². The molecule has 1 saturated heterocycles. The number of ether oxygens (including phenoxy) is 1. The van der Waals surface area contributed by atoms with Gasteiger partial charge in [0.25, 0.3) is 5.91 Å². The van der Waals surface area contributed by atoms with Crippen LogP contribution in [0.25, 0.3) is 0 Å². The highest BCUT2D eigenvalue weighted by Crippen LogP contribution is 2.24. The number of carbonyl (C=O) groups excluding carboxylic acids is 1. The normalized spacial score (nSPS) is 22.3. The van der Waals surface area contributed by atoms with Crippen LogP contribution in [0.3, 0.4) is 0 Å². The third kappa shape index (κ3) is 3.25. The van der Waals surface area contributed by atoms with Crippen molar-refractivity contribution in [2.24, 2.45) is 0 Å². The van der Waals surface area contributed by atoms with Crippen molar-refractivity contribution in [2.45, 2.75) is 32.5 Å². The van der Waals surface area contributed by atoms with Crippen LogP contribution in [0.5, 0.6) is 0 Å². The Hall–Kier alpha value is -1.14. The number of hydrogen-bond donors (Lipinski definition) is 1. The number of nitrogens with zero attached hydrogens (tertiary/aromatic N) is 2. The maximum absolute atomic E-state index is 12.5. The molecule has 1 fully saturated rings. The molecule has 1 unspecified atom stereocenters. The van der Waals surface area contributed by atoms with Crippen LogP contribution in [0.1, 0.15) is 31.1 Å². The number of amides is 1. The molecule has 1 aromatic heterocycles. The zero-order chi connectivity index (χ0) is 14.2. The fourth-order valence-corrected chi connectivity index (χ4v) is 2.73. The SMILES string of the molecule is CC1CN(C(=O)c2cc(Br)cnc2N)CC(C)(C)O1. The summed E-state index contributed by atoms with van der Waals surface area (Å²) < 4.78 is 6.54. The zero-order valence-corrected chi connectivity index (χ0v) is 12.9. The topological polar surface area (TPSA) is 68.5 Å². The van der Waals surface area contributed by atoms with E-state index in [0.717, 1.165) is 4.47 Å². The highest BCUT2D eigenvalue weighted by molar-refractivity contribution is 9.10. The van der Waals surface area contributed by atoms with E-state index in [1.54, 1.807) is 17.2 Å². The largest absolute Gasteiger partial charge is 0.383 e. The second-order valence-corrected chi connectivity index (χ2v) is 6.38. The number of nitrogens with two attached hydrogens (primary N) is 1. The summed E-state index contributed by atoms with van der Waals surface area (Å²) in [6.45, 7) is 7.02. The summed E-state index contributed by atoms with van der Waals surface area (Å²) >= 11 is 3.31. The molecule has 2 heterocycles. The molecule has 2 N–H and O–H groups in total. The first-order valence-corrected chi connectivity index (χ1v) is 6.96. The van der Waals surface area contributed by atoms with Crippen LogP contribution < -0.4 is 5.73 Å². The van der Waals surface area contributed by atoms with E-state index >= 15 is 0 Å². The van der Waals surface area contributed by atoms with Crippen molar-refractivity contribution in [3.8, 4) is 0 Å². The van der Waals surface area contributed by atoms with E-state index in [4.69, 9.17) is 10.5 Å². The molecule has 1 aromatic rings. The van der Waals surface area contributed by atoms with Gasteiger partial charge in [-0.15, -0.1) is 0 Å². The number of anilines is 1. The van der Waals surface area contributed by atoms with Gasteiger partial charge in [-0.3, -0.25) is 4.79 Å². The Balaban J connectivity index is 2.26. The molecule has 1 amide bonds. The lowest BCUT2D eigenvalue weighted by molar-refractivity contribution is -0.118. The predicted molar refractivity (Wildman–Crippen MR) is 76.9 cm³/mol. The van der Waals surface area contributed by atoms with Crippen molar-refractivity contribution in [3.63, 3.8) is 0 Å². The van der Waals surface area contributed by atoms with Gasteiger partial charge in [0, 0.05) is 23.8 Å². The van der Waals surface area contributed by atoms with Gasteiger partial charge < -0.3 is 15.4 Å². The molecule has 6 heteroatoms. The van der Waals surface area contributed by atoms with Gasteiger partial charge in [-0.05, 0) is 42.8 Å². The molecule has 0 spiro atoms. The molecular weight excluding hydrogens is 310 g/mol. The number of halogens is 1. The molecule has 1 atom stereocenters. The van der Waals surface area contributed by atoms with Crippen LogP contribution >= 0.6 is 15.9 Å². The first kappa shape index (κ1) is 14.3. The van der Waals surface area contributed by atoms with E-state index in [1.807, 2.05) is 20.8 Å². The van der Waals surface area contributed by atoms with E-state index in [-0.39, 0.29) is 23.4 Å². The fourth-order valence-electron chi connectivity index (χ4n) is 2.40. The van der Waals surface area contributed by atoms with Crippen molar-refractivity contribution in [2.75, 3.05) is 18.8 Å². The molecule has 2 rings (SSSR count). The lowest BCUT2D eigenvalue weighted by atomic mass is 10.0. The minimum absolute atomic E-state index is 0.00837. The van der Waals surface area contributed by atoms with Crippen LogP contribution in [0, 0.1) is 0 Å². The summed E-state index contributed by atoms with van der Waals surface area (Å²) in [7, 11) is 0. The minimum Gasteiger partial charge on any atom is -0.383 e. The van der Waals surface area contributed by atoms with Crippen LogP contribution in [-0.4, -0.2) is 40.6 Å². The monoisotopic (exact) mass is 327 g/mol. The summed E-state index contributed by atoms with van der Waals surface area (Å²) in [6, 6.07) is 1.71. The molecule has 19 heavy (non-hydrogen) atoms. The van der Waals surface area contributed by atoms with Gasteiger partial charge in [-0.2, -0.15) is 0 Å². The Morgan fingerprint density at radius 2 is 2.32 bits per heavy atom. The number of hydrogen-bond acceptors (Lipinski definition) is 4. The van der Waals surface area contributed by atoms with Crippen LogP contribution in [-0.2, 0) is 4.74 Å². The van der Waals surface area contributed by atoms with Gasteiger partial charge in [0.1, 0.15) is 5.82 Å². The summed E-state index contributed by atoms with van der Waals surface area (Å²) in [5.74, 6) is 0.152. The quantitative estimate of drug-likeness (QED) is 0.857. The average molecular weight is 328 g/mol. The Labute approximate surface area is 121 Å². The number of carbonyl (C=O) groups is 1. The van der Waals surface area contributed by atoms with Crippen molar-refractivity contribution in [1.82, 2.24) is 9.88 Å². The van der Waals surface area contributed by atoms with E-state index in [0.29, 0.717) is 18.7 Å². The first-order valence-electron chi connectivity index (χ1n) is 6.16. The molecule has 0 saturated carbocycles. The van der Waals surface area contributed by atoms with Gasteiger partial charge >= 0.3 is 0 Å². The molecule has 0 aliphatic carbocycles. The van der Waals surface area contributed by atoms with Crippen molar-refractivity contribution in [1.29, 1.82) is 0 Å². The Morgan fingerprint density at radius 1 is 1.63 bits per heavy atom. The van der Waals surface area contributed by atoms with Gasteiger partial charge in [0.2, 0.25) is 0 Å². The van der Waals surface area contributed by atoms with Crippen LogP contribution in [0.2, 0.25) is 0 Å². The van der Waals surface area contributed by atoms with Gasteiger partial charge in [-0.25, -0.2) is 4.98 Å². The van der Waals surface area contributed by atoms with Gasteiger partial charge in [-0.1, -0.05) is 0 Å². The van der Waals surface area contributed by atoms with Crippen LogP contribution in [0.4, 0.5) is 5.82 Å². The number of pyridine rings is 1. The second-order valence-electron chi connectivity index (χ2n) is 5.46. The number of morpholine rings is 1. The molecule has 1 aliphatic rings. The average Bonchev–Trinajstić information content (AvgIpc) is 2.29. The van der Waals surface area contributed by atoms with Crippen molar-refractivity contribution < 1.29 is 9.53 Å². The van der Waals surface area contributed by atoms with E-state index in [9.17, 15) is 4.79 Å². The molecular formula is C13H18BrN3O2. The summed E-state index contributed by atoms with van der Waals surface area (Å²) in [6.07, 6.45) is 1.59. The third-order valence-corrected chi connectivity index (χ3v) is 3.41. The maximum Gasteiger partial charge on any atom is 0.257 e. The number of aromatic nitrogens is 1. The molecule has 0 radical (unpaired) electrons. The third-order valence-electron chi connectivity index (χ3n) is 2.97. The summed E-state index contributed by atoms with van der Waals surface area (Å²) in [4.78, 5) is 18.3. The van der Waals surface area contributed by atoms with E-state index in [2.05, 4.69) is 20.9 Å². The number of nitrogen functional groups attached to an aromatic ring is 1. The predicted octanol–water partition coefficient (Wildman–Crippen LogP) is 2.07. The highest BCUT2D eigenvalue weighted by atomic mass is 79.9. The lowest BCUT2D eigenvalue weighted by Crippen LogP contribution is -2.53. The summed E-state index contributed by atoms with van der Waals surface area (Å²) in [5.41, 5.74) is 5.87. The first-order chi connectivity index (χ1) is 8.78. The second kappa shape index (κ2) is 5.09. The van der Waals surface area contributed by atoms with Gasteiger partial charge in [0.05, 0.1) is 17.3 Å². The molecule has 104 valence electrons. The highest BCUT2D eigenvalue weighted by Gasteiger charge is 2.34. The lowest BCUT2D eigenvalue weighted by Gasteiger charge is -2.41. The molecule has 0 aromatic carbocycles. The summed E-state index contributed by atoms with van der Waals surface area (Å²) in [5, 5.41) is 0. The Kier molecular flexibility index (Phi) is 3.82. The number of rotatable bonds is 1. The van der Waals surface area contributed by atoms with Crippen molar-refractivity contribution >= 4 is 27.7 Å². The van der Waals surface area contributed by atoms with Crippen LogP contribution in [0.15, 0.2) is 16.7 Å². The minimum atomic E-state index is -0.346. The molecule has 0 bridgehead atoms. The van der Waals surface area contributed by atoms with Gasteiger partial charge in [0.15, 0.2) is 0 Å².